The molecule has 1 unspecified atom stereocenters. The van der Waals surface area contributed by atoms with Crippen molar-refractivity contribution in [2.75, 3.05) is 0 Å². The Hall–Kier alpha value is -1.82. The molecule has 0 saturated carbocycles. The molecule has 19 heavy (non-hydrogen) atoms. The normalized spacial score (nSPS) is 12.0. The summed E-state index contributed by atoms with van der Waals surface area (Å²) in [6, 6.07) is 9.69. The zero-order valence-electron chi connectivity index (χ0n) is 12.2. The predicted molar refractivity (Wildman–Crippen MR) is 76.3 cm³/mol. The van der Waals surface area contributed by atoms with Crippen LogP contribution in [-0.2, 0) is 11.3 Å². The fraction of sp³-hybridized carbons (Fsp3) is 0.500. The van der Waals surface area contributed by atoms with Crippen LogP contribution in [0, 0.1) is 17.2 Å². The average molecular weight is 258 g/mol. The van der Waals surface area contributed by atoms with Gasteiger partial charge in [-0.25, -0.2) is 0 Å². The van der Waals surface area contributed by atoms with Gasteiger partial charge in [-0.15, -0.1) is 0 Å². The van der Waals surface area contributed by atoms with Crippen molar-refractivity contribution in [1.82, 2.24) is 4.90 Å². The van der Waals surface area contributed by atoms with Gasteiger partial charge in [-0.2, -0.15) is 5.26 Å². The standard InChI is InChI=1S/C16H22N2O/c1-5-13(4)16(19)18(12(2)3)11-15-8-6-14(10-17)7-9-15/h6-9,12-13H,5,11H2,1-4H3. The summed E-state index contributed by atoms with van der Waals surface area (Å²) in [6.45, 7) is 8.67. The molecule has 1 atom stereocenters. The molecule has 0 heterocycles. The molecule has 0 aliphatic heterocycles. The SMILES string of the molecule is CCC(C)C(=O)N(Cc1ccc(C#N)cc1)C(C)C. The highest BCUT2D eigenvalue weighted by Gasteiger charge is 2.21. The Morgan fingerprint density at radius 1 is 1.26 bits per heavy atom. The minimum absolute atomic E-state index is 0.0563. The zero-order chi connectivity index (χ0) is 14.4. The lowest BCUT2D eigenvalue weighted by atomic mass is 10.1. The second-order valence-electron chi connectivity index (χ2n) is 5.18. The summed E-state index contributed by atoms with van der Waals surface area (Å²) in [5, 5.41) is 8.78. The number of nitriles is 1. The van der Waals surface area contributed by atoms with Gasteiger partial charge in [0.1, 0.15) is 0 Å². The van der Waals surface area contributed by atoms with Crippen LogP contribution in [0.2, 0.25) is 0 Å². The minimum Gasteiger partial charge on any atom is -0.336 e. The van der Waals surface area contributed by atoms with Gasteiger partial charge < -0.3 is 4.90 Å². The fourth-order valence-corrected chi connectivity index (χ4v) is 1.85. The van der Waals surface area contributed by atoms with E-state index in [0.29, 0.717) is 12.1 Å². The van der Waals surface area contributed by atoms with Gasteiger partial charge in [0.05, 0.1) is 11.6 Å². The van der Waals surface area contributed by atoms with Crippen molar-refractivity contribution in [1.29, 1.82) is 5.26 Å². The molecule has 0 aliphatic carbocycles. The van der Waals surface area contributed by atoms with Crippen LogP contribution in [-0.4, -0.2) is 16.8 Å². The first kappa shape index (κ1) is 15.2. The Morgan fingerprint density at radius 3 is 2.26 bits per heavy atom. The second kappa shape index (κ2) is 6.94. The van der Waals surface area contributed by atoms with E-state index >= 15 is 0 Å². The first-order valence-electron chi connectivity index (χ1n) is 6.79. The first-order valence-corrected chi connectivity index (χ1v) is 6.79. The van der Waals surface area contributed by atoms with E-state index in [2.05, 4.69) is 6.07 Å². The quantitative estimate of drug-likeness (QED) is 0.813. The van der Waals surface area contributed by atoms with E-state index < -0.39 is 0 Å². The highest BCUT2D eigenvalue weighted by Crippen LogP contribution is 2.15. The van der Waals surface area contributed by atoms with Crippen LogP contribution in [0.25, 0.3) is 0 Å². The predicted octanol–water partition coefficient (Wildman–Crippen LogP) is 3.34. The summed E-state index contributed by atoms with van der Waals surface area (Å²) in [5.41, 5.74) is 1.71. The number of hydrogen-bond acceptors (Lipinski definition) is 2. The van der Waals surface area contributed by atoms with E-state index in [9.17, 15) is 4.79 Å². The Morgan fingerprint density at radius 2 is 1.84 bits per heavy atom. The third-order valence-corrected chi connectivity index (χ3v) is 3.38. The Kier molecular flexibility index (Phi) is 5.57. The van der Waals surface area contributed by atoms with Crippen LogP contribution in [0.1, 0.15) is 45.2 Å². The van der Waals surface area contributed by atoms with Crippen LogP contribution < -0.4 is 0 Å². The molecule has 0 N–H and O–H groups in total. The van der Waals surface area contributed by atoms with E-state index in [1.807, 2.05) is 44.7 Å². The first-order chi connectivity index (χ1) is 8.99. The maximum Gasteiger partial charge on any atom is 0.225 e. The lowest BCUT2D eigenvalue weighted by molar-refractivity contribution is -0.137. The van der Waals surface area contributed by atoms with Crippen molar-refractivity contribution in [3.05, 3.63) is 35.4 Å². The molecule has 102 valence electrons. The van der Waals surface area contributed by atoms with Crippen molar-refractivity contribution in [2.45, 2.75) is 46.7 Å². The topological polar surface area (TPSA) is 44.1 Å². The third kappa shape index (κ3) is 4.10. The summed E-state index contributed by atoms with van der Waals surface area (Å²) < 4.78 is 0. The van der Waals surface area contributed by atoms with Crippen molar-refractivity contribution in [2.24, 2.45) is 5.92 Å². The fourth-order valence-electron chi connectivity index (χ4n) is 1.85. The molecular formula is C16H22N2O. The van der Waals surface area contributed by atoms with E-state index in [4.69, 9.17) is 5.26 Å². The molecule has 1 aromatic carbocycles. The molecule has 0 aromatic heterocycles. The van der Waals surface area contributed by atoms with Crippen LogP contribution in [0.3, 0.4) is 0 Å². The zero-order valence-corrected chi connectivity index (χ0v) is 12.2. The number of carbonyl (C=O) groups is 1. The lowest BCUT2D eigenvalue weighted by Crippen LogP contribution is -2.39. The number of carbonyl (C=O) groups excluding carboxylic acids is 1. The molecular weight excluding hydrogens is 236 g/mol. The maximum atomic E-state index is 12.3. The monoisotopic (exact) mass is 258 g/mol. The van der Waals surface area contributed by atoms with E-state index in [-0.39, 0.29) is 17.9 Å². The van der Waals surface area contributed by atoms with Gasteiger partial charge in [0, 0.05) is 18.5 Å². The number of benzene rings is 1. The molecule has 1 rings (SSSR count). The summed E-state index contributed by atoms with van der Waals surface area (Å²) in [6.07, 6.45) is 0.857. The van der Waals surface area contributed by atoms with Gasteiger partial charge >= 0.3 is 0 Å². The number of hydrogen-bond donors (Lipinski definition) is 0. The number of nitrogens with zero attached hydrogens (tertiary/aromatic N) is 2. The van der Waals surface area contributed by atoms with Crippen molar-refractivity contribution >= 4 is 5.91 Å². The molecule has 0 spiro atoms. The molecule has 0 radical (unpaired) electrons. The highest BCUT2D eigenvalue weighted by atomic mass is 16.2. The van der Waals surface area contributed by atoms with Gasteiger partial charge in [-0.3, -0.25) is 4.79 Å². The average Bonchev–Trinajstić information content (AvgIpc) is 2.43. The lowest BCUT2D eigenvalue weighted by Gasteiger charge is -2.29. The minimum atomic E-state index is 0.0563. The highest BCUT2D eigenvalue weighted by molar-refractivity contribution is 5.78. The second-order valence-corrected chi connectivity index (χ2v) is 5.18. The Bertz CT molecular complexity index is 457. The molecule has 0 bridgehead atoms. The third-order valence-electron chi connectivity index (χ3n) is 3.38. The molecule has 0 aliphatic rings. The molecule has 3 heteroatoms. The van der Waals surface area contributed by atoms with Gasteiger partial charge in [0.15, 0.2) is 0 Å². The van der Waals surface area contributed by atoms with Crippen molar-refractivity contribution in [3.63, 3.8) is 0 Å². The van der Waals surface area contributed by atoms with E-state index in [1.54, 1.807) is 12.1 Å². The summed E-state index contributed by atoms with van der Waals surface area (Å²) in [7, 11) is 0. The Labute approximate surface area is 115 Å². The van der Waals surface area contributed by atoms with E-state index in [0.717, 1.165) is 12.0 Å². The molecule has 0 fully saturated rings. The van der Waals surface area contributed by atoms with Crippen LogP contribution in [0.5, 0.6) is 0 Å². The largest absolute Gasteiger partial charge is 0.336 e. The smallest absolute Gasteiger partial charge is 0.225 e. The maximum absolute atomic E-state index is 12.3. The van der Waals surface area contributed by atoms with Crippen LogP contribution >= 0.6 is 0 Å². The molecule has 1 aromatic rings. The van der Waals surface area contributed by atoms with Crippen molar-refractivity contribution < 1.29 is 4.79 Å². The summed E-state index contributed by atoms with van der Waals surface area (Å²) in [4.78, 5) is 14.2. The summed E-state index contributed by atoms with van der Waals surface area (Å²) in [5.74, 6) is 0.252. The van der Waals surface area contributed by atoms with Crippen molar-refractivity contribution in [3.8, 4) is 6.07 Å². The van der Waals surface area contributed by atoms with Gasteiger partial charge in [-0.1, -0.05) is 26.0 Å². The summed E-state index contributed by atoms with van der Waals surface area (Å²) >= 11 is 0. The number of rotatable bonds is 5. The van der Waals surface area contributed by atoms with Gasteiger partial charge in [0.2, 0.25) is 5.91 Å². The van der Waals surface area contributed by atoms with Crippen LogP contribution in [0.4, 0.5) is 0 Å². The number of amides is 1. The Balaban J connectivity index is 2.84. The van der Waals surface area contributed by atoms with Crippen LogP contribution in [0.15, 0.2) is 24.3 Å². The molecule has 1 amide bonds. The van der Waals surface area contributed by atoms with Gasteiger partial charge in [0.25, 0.3) is 0 Å². The van der Waals surface area contributed by atoms with E-state index in [1.165, 1.54) is 0 Å². The molecule has 3 nitrogen and oxygen atoms in total. The molecule has 0 saturated heterocycles. The van der Waals surface area contributed by atoms with Gasteiger partial charge in [-0.05, 0) is 38.0 Å².